The monoisotopic (exact) mass is 231 g/mol. The molecule has 94 valence electrons. The highest BCUT2D eigenvalue weighted by molar-refractivity contribution is 5.31. The van der Waals surface area contributed by atoms with E-state index in [1.165, 1.54) is 31.2 Å². The molecule has 0 aromatic heterocycles. The lowest BCUT2D eigenvalue weighted by molar-refractivity contribution is 0.258. The van der Waals surface area contributed by atoms with Gasteiger partial charge in [0, 0.05) is 12.1 Å². The van der Waals surface area contributed by atoms with E-state index < -0.39 is 0 Å². The Balaban J connectivity index is 1.85. The lowest BCUT2D eigenvalue weighted by atomic mass is 9.74. The fourth-order valence-electron chi connectivity index (χ4n) is 2.91. The van der Waals surface area contributed by atoms with Crippen molar-refractivity contribution in [3.63, 3.8) is 0 Å². The average Bonchev–Trinajstić information content (AvgIpc) is 2.30. The second-order valence-corrected chi connectivity index (χ2v) is 5.40. The van der Waals surface area contributed by atoms with E-state index in [1.807, 2.05) is 0 Å². The van der Waals surface area contributed by atoms with Crippen LogP contribution in [0.15, 0.2) is 24.3 Å². The van der Waals surface area contributed by atoms with Crippen LogP contribution in [0.1, 0.15) is 56.6 Å². The summed E-state index contributed by atoms with van der Waals surface area (Å²) in [6.07, 6.45) is 5.15. The standard InChI is InChI=1S/C16H25N/c1-4-14(5-2)17-15-10-13(11-15)16-9-7-6-8-12(16)3/h6-9,13-15,17H,4-5,10-11H2,1-3H3. The van der Waals surface area contributed by atoms with Crippen molar-refractivity contribution in [2.45, 2.75) is 64.5 Å². The van der Waals surface area contributed by atoms with Gasteiger partial charge in [-0.1, -0.05) is 38.1 Å². The summed E-state index contributed by atoms with van der Waals surface area (Å²) in [5.74, 6) is 0.795. The largest absolute Gasteiger partial charge is 0.311 e. The van der Waals surface area contributed by atoms with Crippen molar-refractivity contribution >= 4 is 0 Å². The maximum atomic E-state index is 3.77. The molecule has 1 aromatic rings. The Morgan fingerprint density at radius 1 is 1.18 bits per heavy atom. The molecule has 1 aliphatic rings. The molecule has 1 saturated carbocycles. The Hall–Kier alpha value is -0.820. The molecule has 1 nitrogen and oxygen atoms in total. The van der Waals surface area contributed by atoms with E-state index in [4.69, 9.17) is 0 Å². The summed E-state index contributed by atoms with van der Waals surface area (Å²) in [7, 11) is 0. The van der Waals surface area contributed by atoms with E-state index in [0.717, 1.165) is 18.0 Å². The molecule has 17 heavy (non-hydrogen) atoms. The molecule has 0 heterocycles. The van der Waals surface area contributed by atoms with Gasteiger partial charge in [0.1, 0.15) is 0 Å². The Morgan fingerprint density at radius 3 is 2.41 bits per heavy atom. The molecule has 0 unspecified atom stereocenters. The second kappa shape index (κ2) is 5.68. The molecule has 0 atom stereocenters. The maximum Gasteiger partial charge on any atom is 0.00813 e. The summed E-state index contributed by atoms with van der Waals surface area (Å²) in [6, 6.07) is 10.3. The highest BCUT2D eigenvalue weighted by Gasteiger charge is 2.31. The number of aryl methyl sites for hydroxylation is 1. The van der Waals surface area contributed by atoms with Crippen molar-refractivity contribution in [2.24, 2.45) is 0 Å². The van der Waals surface area contributed by atoms with Gasteiger partial charge in [0.2, 0.25) is 0 Å². The van der Waals surface area contributed by atoms with Gasteiger partial charge < -0.3 is 5.32 Å². The van der Waals surface area contributed by atoms with Gasteiger partial charge in [-0.3, -0.25) is 0 Å². The normalized spacial score (nSPS) is 23.8. The molecule has 0 radical (unpaired) electrons. The number of rotatable bonds is 5. The first-order valence-corrected chi connectivity index (χ1v) is 7.06. The molecule has 1 aliphatic carbocycles. The van der Waals surface area contributed by atoms with Crippen LogP contribution < -0.4 is 5.32 Å². The molecular formula is C16H25N. The van der Waals surface area contributed by atoms with Crippen LogP contribution in [0.3, 0.4) is 0 Å². The fraction of sp³-hybridized carbons (Fsp3) is 0.625. The summed E-state index contributed by atoms with van der Waals surface area (Å²) < 4.78 is 0. The highest BCUT2D eigenvalue weighted by Crippen LogP contribution is 2.38. The molecule has 0 amide bonds. The number of hydrogen-bond donors (Lipinski definition) is 1. The molecule has 0 saturated heterocycles. The summed E-state index contributed by atoms with van der Waals surface area (Å²) in [5.41, 5.74) is 3.02. The van der Waals surface area contributed by atoms with E-state index in [2.05, 4.69) is 50.4 Å². The molecule has 1 N–H and O–H groups in total. The van der Waals surface area contributed by atoms with E-state index in [-0.39, 0.29) is 0 Å². The minimum absolute atomic E-state index is 0.720. The second-order valence-electron chi connectivity index (χ2n) is 5.40. The van der Waals surface area contributed by atoms with E-state index in [1.54, 1.807) is 5.56 Å². The first kappa shape index (κ1) is 12.6. The predicted octanol–water partition coefficient (Wildman–Crippen LogP) is 4.02. The maximum absolute atomic E-state index is 3.77. The summed E-state index contributed by atoms with van der Waals surface area (Å²) in [6.45, 7) is 6.79. The Labute approximate surface area is 106 Å². The van der Waals surface area contributed by atoms with Crippen LogP contribution in [0, 0.1) is 6.92 Å². The first-order chi connectivity index (χ1) is 8.24. The molecule has 1 fully saturated rings. The van der Waals surface area contributed by atoms with Gasteiger partial charge in [-0.25, -0.2) is 0 Å². The smallest absolute Gasteiger partial charge is 0.00813 e. The van der Waals surface area contributed by atoms with Crippen LogP contribution in [-0.2, 0) is 0 Å². The van der Waals surface area contributed by atoms with E-state index >= 15 is 0 Å². The molecule has 0 spiro atoms. The zero-order chi connectivity index (χ0) is 12.3. The molecule has 1 heteroatoms. The third-order valence-corrected chi connectivity index (χ3v) is 4.22. The summed E-state index contributed by atoms with van der Waals surface area (Å²) in [5, 5.41) is 3.77. The minimum Gasteiger partial charge on any atom is -0.311 e. The van der Waals surface area contributed by atoms with Crippen molar-refractivity contribution in [1.82, 2.24) is 5.32 Å². The van der Waals surface area contributed by atoms with Gasteiger partial charge in [-0.2, -0.15) is 0 Å². The Morgan fingerprint density at radius 2 is 1.82 bits per heavy atom. The zero-order valence-electron chi connectivity index (χ0n) is 11.4. The van der Waals surface area contributed by atoms with Crippen LogP contribution in [0.25, 0.3) is 0 Å². The van der Waals surface area contributed by atoms with Crippen LogP contribution in [0.5, 0.6) is 0 Å². The Kier molecular flexibility index (Phi) is 4.22. The average molecular weight is 231 g/mol. The van der Waals surface area contributed by atoms with Gasteiger partial charge in [0.15, 0.2) is 0 Å². The van der Waals surface area contributed by atoms with E-state index in [0.29, 0.717) is 0 Å². The van der Waals surface area contributed by atoms with E-state index in [9.17, 15) is 0 Å². The van der Waals surface area contributed by atoms with Crippen molar-refractivity contribution in [3.05, 3.63) is 35.4 Å². The van der Waals surface area contributed by atoms with Gasteiger partial charge in [0.25, 0.3) is 0 Å². The van der Waals surface area contributed by atoms with Crippen LogP contribution >= 0.6 is 0 Å². The van der Waals surface area contributed by atoms with Crippen molar-refractivity contribution in [1.29, 1.82) is 0 Å². The SMILES string of the molecule is CCC(CC)NC1CC(c2ccccc2C)C1. The predicted molar refractivity (Wildman–Crippen MR) is 74.4 cm³/mol. The third kappa shape index (κ3) is 2.90. The van der Waals surface area contributed by atoms with Gasteiger partial charge in [-0.15, -0.1) is 0 Å². The van der Waals surface area contributed by atoms with Crippen molar-refractivity contribution in [3.8, 4) is 0 Å². The van der Waals surface area contributed by atoms with Gasteiger partial charge in [-0.05, 0) is 49.7 Å². The van der Waals surface area contributed by atoms with Crippen LogP contribution in [0.4, 0.5) is 0 Å². The molecule has 2 rings (SSSR count). The summed E-state index contributed by atoms with van der Waals surface area (Å²) >= 11 is 0. The van der Waals surface area contributed by atoms with Crippen molar-refractivity contribution in [2.75, 3.05) is 0 Å². The number of benzene rings is 1. The lowest BCUT2D eigenvalue weighted by Gasteiger charge is -2.39. The third-order valence-electron chi connectivity index (χ3n) is 4.22. The minimum atomic E-state index is 0.720. The molecule has 0 bridgehead atoms. The molecule has 1 aromatic carbocycles. The Bertz CT molecular complexity index is 348. The quantitative estimate of drug-likeness (QED) is 0.807. The topological polar surface area (TPSA) is 12.0 Å². The van der Waals surface area contributed by atoms with Gasteiger partial charge in [0.05, 0.1) is 0 Å². The van der Waals surface area contributed by atoms with Gasteiger partial charge >= 0.3 is 0 Å². The number of nitrogens with one attached hydrogen (secondary N) is 1. The zero-order valence-corrected chi connectivity index (χ0v) is 11.4. The first-order valence-electron chi connectivity index (χ1n) is 7.06. The van der Waals surface area contributed by atoms with Crippen LogP contribution in [-0.4, -0.2) is 12.1 Å². The van der Waals surface area contributed by atoms with Crippen LogP contribution in [0.2, 0.25) is 0 Å². The number of hydrogen-bond acceptors (Lipinski definition) is 1. The fourth-order valence-corrected chi connectivity index (χ4v) is 2.91. The molecular weight excluding hydrogens is 206 g/mol. The van der Waals surface area contributed by atoms with Crippen molar-refractivity contribution < 1.29 is 0 Å². The summed E-state index contributed by atoms with van der Waals surface area (Å²) in [4.78, 5) is 0. The highest BCUT2D eigenvalue weighted by atomic mass is 15.0. The molecule has 0 aliphatic heterocycles. The lowest BCUT2D eigenvalue weighted by Crippen LogP contribution is -2.45.